The van der Waals surface area contributed by atoms with Crippen molar-refractivity contribution in [2.75, 3.05) is 7.11 Å². The minimum Gasteiger partial charge on any atom is -0.501 e. The summed E-state index contributed by atoms with van der Waals surface area (Å²) in [5, 5.41) is 2.98. The first-order valence-electron chi connectivity index (χ1n) is 7.30. The van der Waals surface area contributed by atoms with Crippen molar-refractivity contribution in [3.63, 3.8) is 0 Å². The molecule has 1 aliphatic heterocycles. The topological polar surface area (TPSA) is 47.6 Å². The molecule has 0 bridgehead atoms. The molecule has 0 aliphatic carbocycles. The molecule has 1 N–H and O–H groups in total. The average Bonchev–Trinajstić information content (AvgIpc) is 2.47. The molecule has 1 amide bonds. The number of amides is 1. The van der Waals surface area contributed by atoms with E-state index in [2.05, 4.69) is 19.2 Å². The van der Waals surface area contributed by atoms with Crippen molar-refractivity contribution in [1.29, 1.82) is 0 Å². The molecule has 0 spiro atoms. The van der Waals surface area contributed by atoms with Crippen LogP contribution in [0.1, 0.15) is 25.8 Å². The zero-order valence-corrected chi connectivity index (χ0v) is 12.8. The first-order valence-corrected chi connectivity index (χ1v) is 7.30. The second-order valence-electron chi connectivity index (χ2n) is 5.64. The smallest absolute Gasteiger partial charge is 0.247 e. The van der Waals surface area contributed by atoms with E-state index < -0.39 is 0 Å². The Bertz CT molecular complexity index is 496. The van der Waals surface area contributed by atoms with E-state index in [9.17, 15) is 4.79 Å². The minimum atomic E-state index is -0.114. The summed E-state index contributed by atoms with van der Waals surface area (Å²) >= 11 is 0. The predicted molar refractivity (Wildman–Crippen MR) is 81.5 cm³/mol. The molecule has 0 radical (unpaired) electrons. The zero-order chi connectivity index (χ0) is 15.2. The molecule has 1 aliphatic rings. The van der Waals surface area contributed by atoms with Crippen molar-refractivity contribution in [2.24, 2.45) is 5.92 Å². The molecule has 2 unspecified atom stereocenters. The van der Waals surface area contributed by atoms with Crippen LogP contribution in [0, 0.1) is 5.92 Å². The first-order chi connectivity index (χ1) is 10.1. The quantitative estimate of drug-likeness (QED) is 0.876. The zero-order valence-electron chi connectivity index (χ0n) is 12.8. The third-order valence-corrected chi connectivity index (χ3v) is 3.64. The molecule has 2 atom stereocenters. The maximum atomic E-state index is 11.7. The fourth-order valence-electron chi connectivity index (χ4n) is 2.58. The SMILES string of the molecule is COC1=CC(=O)NC(C(OCc2ccccc2)C(C)C)C1. The Morgan fingerprint density at radius 1 is 1.29 bits per heavy atom. The second kappa shape index (κ2) is 7.27. The summed E-state index contributed by atoms with van der Waals surface area (Å²) in [7, 11) is 1.59. The van der Waals surface area contributed by atoms with Gasteiger partial charge in [0.05, 0.1) is 25.9 Å². The van der Waals surface area contributed by atoms with Crippen LogP contribution in [0.5, 0.6) is 0 Å². The summed E-state index contributed by atoms with van der Waals surface area (Å²) in [6.07, 6.45) is 2.12. The van der Waals surface area contributed by atoms with E-state index in [1.807, 2.05) is 30.3 Å². The number of hydrogen-bond acceptors (Lipinski definition) is 3. The minimum absolute atomic E-state index is 0.0481. The largest absolute Gasteiger partial charge is 0.501 e. The Morgan fingerprint density at radius 3 is 2.62 bits per heavy atom. The number of ether oxygens (including phenoxy) is 2. The summed E-state index contributed by atoms with van der Waals surface area (Å²) in [5.41, 5.74) is 1.13. The molecular weight excluding hydrogens is 266 g/mol. The second-order valence-corrected chi connectivity index (χ2v) is 5.64. The fourth-order valence-corrected chi connectivity index (χ4v) is 2.58. The van der Waals surface area contributed by atoms with Gasteiger partial charge in [0.2, 0.25) is 5.91 Å². The van der Waals surface area contributed by atoms with Gasteiger partial charge >= 0.3 is 0 Å². The molecule has 1 aromatic rings. The molecule has 2 rings (SSSR count). The fraction of sp³-hybridized carbons (Fsp3) is 0.471. The number of benzene rings is 1. The van der Waals surface area contributed by atoms with Gasteiger partial charge in [0.1, 0.15) is 5.76 Å². The van der Waals surface area contributed by atoms with Crippen molar-refractivity contribution in [1.82, 2.24) is 5.32 Å². The standard InChI is InChI=1S/C17H23NO3/c1-12(2)17(21-11-13-7-5-4-6-8-13)15-9-14(20-3)10-16(19)18-15/h4-8,10,12,15,17H,9,11H2,1-3H3,(H,18,19). The molecule has 114 valence electrons. The van der Waals surface area contributed by atoms with Gasteiger partial charge in [-0.25, -0.2) is 0 Å². The molecule has 1 heterocycles. The lowest BCUT2D eigenvalue weighted by atomic mass is 9.94. The van der Waals surface area contributed by atoms with Gasteiger partial charge in [0.25, 0.3) is 0 Å². The Kier molecular flexibility index (Phi) is 5.39. The van der Waals surface area contributed by atoms with Gasteiger partial charge in [-0.15, -0.1) is 0 Å². The lowest BCUT2D eigenvalue weighted by Crippen LogP contribution is -2.48. The van der Waals surface area contributed by atoms with Crippen LogP contribution < -0.4 is 5.32 Å². The molecular formula is C17H23NO3. The molecule has 0 saturated carbocycles. The van der Waals surface area contributed by atoms with Crippen molar-refractivity contribution in [3.8, 4) is 0 Å². The Balaban J connectivity index is 2.02. The van der Waals surface area contributed by atoms with Crippen molar-refractivity contribution in [2.45, 2.75) is 39.0 Å². The highest BCUT2D eigenvalue weighted by atomic mass is 16.5. The van der Waals surface area contributed by atoms with Crippen LogP contribution in [0.25, 0.3) is 0 Å². The van der Waals surface area contributed by atoms with Gasteiger partial charge in [-0.1, -0.05) is 44.2 Å². The molecule has 1 aromatic carbocycles. The van der Waals surface area contributed by atoms with Crippen LogP contribution in [0.2, 0.25) is 0 Å². The number of carbonyl (C=O) groups is 1. The van der Waals surface area contributed by atoms with Crippen molar-refractivity contribution < 1.29 is 14.3 Å². The van der Waals surface area contributed by atoms with E-state index in [4.69, 9.17) is 9.47 Å². The number of carbonyl (C=O) groups excluding carboxylic acids is 1. The highest BCUT2D eigenvalue weighted by Crippen LogP contribution is 2.22. The number of nitrogens with one attached hydrogen (secondary N) is 1. The number of hydrogen-bond donors (Lipinski definition) is 1. The van der Waals surface area contributed by atoms with Crippen LogP contribution in [0.15, 0.2) is 42.2 Å². The number of methoxy groups -OCH3 is 1. The van der Waals surface area contributed by atoms with Crippen LogP contribution in [0.4, 0.5) is 0 Å². The monoisotopic (exact) mass is 289 g/mol. The maximum Gasteiger partial charge on any atom is 0.247 e. The van der Waals surface area contributed by atoms with Gasteiger partial charge < -0.3 is 14.8 Å². The van der Waals surface area contributed by atoms with Crippen LogP contribution in [-0.2, 0) is 20.9 Å². The van der Waals surface area contributed by atoms with E-state index in [1.54, 1.807) is 7.11 Å². The van der Waals surface area contributed by atoms with Crippen molar-refractivity contribution >= 4 is 5.91 Å². The third-order valence-electron chi connectivity index (χ3n) is 3.64. The van der Waals surface area contributed by atoms with E-state index in [1.165, 1.54) is 6.08 Å². The molecule has 0 aromatic heterocycles. The van der Waals surface area contributed by atoms with E-state index >= 15 is 0 Å². The van der Waals surface area contributed by atoms with Gasteiger partial charge in [-0.3, -0.25) is 4.79 Å². The summed E-state index contributed by atoms with van der Waals surface area (Å²) in [6.45, 7) is 4.75. The summed E-state index contributed by atoms with van der Waals surface area (Å²) in [5.74, 6) is 0.894. The Labute approximate surface area is 126 Å². The molecule has 0 saturated heterocycles. The van der Waals surface area contributed by atoms with Crippen LogP contribution >= 0.6 is 0 Å². The maximum absolute atomic E-state index is 11.7. The summed E-state index contributed by atoms with van der Waals surface area (Å²) in [4.78, 5) is 11.7. The first kappa shape index (κ1) is 15.6. The van der Waals surface area contributed by atoms with Crippen molar-refractivity contribution in [3.05, 3.63) is 47.7 Å². The van der Waals surface area contributed by atoms with Gasteiger partial charge in [0.15, 0.2) is 0 Å². The predicted octanol–water partition coefficient (Wildman–Crippen LogP) is 2.65. The normalized spacial score (nSPS) is 19.9. The average molecular weight is 289 g/mol. The van der Waals surface area contributed by atoms with Gasteiger partial charge in [0, 0.05) is 12.5 Å². The summed E-state index contributed by atoms with van der Waals surface area (Å²) in [6, 6.07) is 10.0. The van der Waals surface area contributed by atoms with Gasteiger partial charge in [-0.2, -0.15) is 0 Å². The van der Waals surface area contributed by atoms with Crippen LogP contribution in [-0.4, -0.2) is 25.2 Å². The molecule has 0 fully saturated rings. The Morgan fingerprint density at radius 2 is 2.00 bits per heavy atom. The molecule has 4 nitrogen and oxygen atoms in total. The van der Waals surface area contributed by atoms with Crippen LogP contribution in [0.3, 0.4) is 0 Å². The lowest BCUT2D eigenvalue weighted by Gasteiger charge is -2.33. The highest BCUT2D eigenvalue weighted by molar-refractivity contribution is 5.89. The lowest BCUT2D eigenvalue weighted by molar-refractivity contribution is -0.120. The van der Waals surface area contributed by atoms with E-state index in [0.29, 0.717) is 24.7 Å². The van der Waals surface area contributed by atoms with E-state index in [-0.39, 0.29) is 18.1 Å². The molecule has 21 heavy (non-hydrogen) atoms. The van der Waals surface area contributed by atoms with Gasteiger partial charge in [-0.05, 0) is 11.5 Å². The Hall–Kier alpha value is -1.81. The number of rotatable bonds is 6. The third kappa shape index (κ3) is 4.33. The van der Waals surface area contributed by atoms with E-state index in [0.717, 1.165) is 5.56 Å². The summed E-state index contributed by atoms with van der Waals surface area (Å²) < 4.78 is 11.3. The molecule has 4 heteroatoms. The highest BCUT2D eigenvalue weighted by Gasteiger charge is 2.30.